The number of fused-ring (bicyclic) bond motifs is 4. The summed E-state index contributed by atoms with van der Waals surface area (Å²) in [5.41, 5.74) is 2.29. The zero-order chi connectivity index (χ0) is 44.1. The van der Waals surface area contributed by atoms with Crippen molar-refractivity contribution in [3.05, 3.63) is 75.1 Å². The summed E-state index contributed by atoms with van der Waals surface area (Å²) in [6.07, 6.45) is 5.47. The van der Waals surface area contributed by atoms with Gasteiger partial charge < -0.3 is 29.3 Å². The lowest BCUT2D eigenvalue weighted by Crippen LogP contribution is -2.69. The van der Waals surface area contributed by atoms with Gasteiger partial charge in [-0.1, -0.05) is 23.2 Å². The number of hydrogen-bond acceptors (Lipinski definition) is 13. The van der Waals surface area contributed by atoms with E-state index in [1.807, 2.05) is 11.0 Å². The van der Waals surface area contributed by atoms with Gasteiger partial charge in [0.1, 0.15) is 23.7 Å². The Kier molecular flexibility index (Phi) is 11.8. The molecule has 3 aromatic carbocycles. The van der Waals surface area contributed by atoms with Gasteiger partial charge in [-0.25, -0.2) is 4.39 Å². The lowest BCUT2D eigenvalue weighted by Gasteiger charge is -2.58. The number of benzene rings is 3. The number of rotatable bonds is 13. The summed E-state index contributed by atoms with van der Waals surface area (Å²) in [7, 11) is 3.08. The third kappa shape index (κ3) is 8.07. The van der Waals surface area contributed by atoms with Crippen molar-refractivity contribution in [1.82, 2.24) is 25.0 Å². The molecular weight excluding hydrogens is 854 g/mol. The molecule has 2 N–H and O–H groups in total. The van der Waals surface area contributed by atoms with Crippen LogP contribution in [0.15, 0.2) is 42.6 Å². The number of methoxy groups -OCH3 is 2. The fourth-order valence-electron chi connectivity index (χ4n) is 9.75. The van der Waals surface area contributed by atoms with Gasteiger partial charge in [0.05, 0.1) is 70.1 Å². The van der Waals surface area contributed by atoms with Crippen LogP contribution in [-0.2, 0) is 9.59 Å². The molecule has 6 aliphatic rings. The van der Waals surface area contributed by atoms with E-state index in [0.29, 0.717) is 73.3 Å². The van der Waals surface area contributed by atoms with Crippen LogP contribution in [0.25, 0.3) is 10.9 Å². The minimum absolute atomic E-state index is 0.0184. The van der Waals surface area contributed by atoms with Gasteiger partial charge in [0, 0.05) is 68.4 Å². The van der Waals surface area contributed by atoms with Crippen LogP contribution in [0, 0.1) is 23.1 Å². The van der Waals surface area contributed by atoms with Crippen LogP contribution in [0.1, 0.15) is 64.8 Å². The molecule has 0 radical (unpaired) electrons. The van der Waals surface area contributed by atoms with Gasteiger partial charge in [0.25, 0.3) is 11.8 Å². The average Bonchev–Trinajstić information content (AvgIpc) is 3.50. The summed E-state index contributed by atoms with van der Waals surface area (Å²) in [6.45, 7) is 5.90. The zero-order valence-corrected chi connectivity index (χ0v) is 36.2. The molecule has 15 nitrogen and oxygen atoms in total. The first-order chi connectivity index (χ1) is 30.4. The van der Waals surface area contributed by atoms with E-state index in [2.05, 4.69) is 31.5 Å². The normalized spacial score (nSPS) is 21.6. The lowest BCUT2D eigenvalue weighted by atomic mass is 9.85. The van der Waals surface area contributed by atoms with Crippen LogP contribution in [0.4, 0.5) is 21.5 Å². The quantitative estimate of drug-likeness (QED) is 0.116. The molecule has 63 heavy (non-hydrogen) atoms. The number of nitrogens with zero attached hydrogens (tertiary/aromatic N) is 6. The number of likely N-dealkylation sites (tertiary alicyclic amines) is 1. The van der Waals surface area contributed by atoms with E-state index >= 15 is 4.39 Å². The number of aromatic nitrogens is 1. The maximum atomic E-state index is 15.6. The number of piperidine rings is 3. The van der Waals surface area contributed by atoms with E-state index < -0.39 is 35.5 Å². The monoisotopic (exact) mass is 898 g/mol. The van der Waals surface area contributed by atoms with Crippen molar-refractivity contribution in [3.63, 3.8) is 0 Å². The first-order valence-electron chi connectivity index (χ1n) is 21.1. The Bertz CT molecular complexity index is 2570. The molecule has 3 atom stereocenters. The van der Waals surface area contributed by atoms with Crippen molar-refractivity contribution < 1.29 is 37.8 Å². The van der Waals surface area contributed by atoms with E-state index in [0.717, 1.165) is 75.9 Å². The second-order valence-electron chi connectivity index (χ2n) is 16.7. The third-order valence-electron chi connectivity index (χ3n) is 12.9. The van der Waals surface area contributed by atoms with Gasteiger partial charge in [-0.05, 0) is 75.4 Å². The van der Waals surface area contributed by atoms with Crippen LogP contribution < -0.4 is 29.7 Å². The molecule has 5 saturated heterocycles. The summed E-state index contributed by atoms with van der Waals surface area (Å²) in [6, 6.07) is 10.7. The van der Waals surface area contributed by atoms with Crippen LogP contribution in [-0.4, -0.2) is 122 Å². The van der Waals surface area contributed by atoms with Crippen molar-refractivity contribution >= 4 is 74.8 Å². The Labute approximate surface area is 372 Å². The van der Waals surface area contributed by atoms with Crippen LogP contribution in [0.2, 0.25) is 10.0 Å². The fraction of sp³-hybridized carbons (Fsp3) is 0.422. The van der Waals surface area contributed by atoms with E-state index in [9.17, 15) is 24.4 Å². The van der Waals surface area contributed by atoms with Crippen molar-refractivity contribution in [2.75, 3.05) is 70.3 Å². The number of anilines is 3. The largest absolute Gasteiger partial charge is 0.495 e. The van der Waals surface area contributed by atoms with Gasteiger partial charge in [-0.3, -0.25) is 39.3 Å². The molecular formula is C45H45Cl2FN8O7. The number of ether oxygens (including phenoxy) is 3. The summed E-state index contributed by atoms with van der Waals surface area (Å²) in [5, 5.41) is 16.7. The number of hydrogen-bond donors (Lipinski definition) is 2. The fourth-order valence-corrected chi connectivity index (χ4v) is 10.3. The van der Waals surface area contributed by atoms with Gasteiger partial charge in [-0.15, -0.1) is 0 Å². The molecule has 5 fully saturated rings. The first-order valence-corrected chi connectivity index (χ1v) is 21.8. The number of halogens is 3. The maximum Gasteiger partial charge on any atom is 0.262 e. The number of carbonyl (C=O) groups excluding carboxylic acids is 4. The Morgan fingerprint density at radius 2 is 1.63 bits per heavy atom. The minimum Gasteiger partial charge on any atom is -0.495 e. The van der Waals surface area contributed by atoms with Gasteiger partial charge in [0.2, 0.25) is 11.8 Å². The second-order valence-corrected chi connectivity index (χ2v) is 17.5. The van der Waals surface area contributed by atoms with Crippen LogP contribution in [0.5, 0.6) is 17.2 Å². The molecule has 4 amide bonds. The number of carbonyl (C=O) groups is 4. The van der Waals surface area contributed by atoms with Crippen molar-refractivity contribution in [2.24, 2.45) is 5.92 Å². The molecule has 7 heterocycles. The molecule has 6 aliphatic heterocycles. The Hall–Kier alpha value is -5.73. The SMILES string of the molecule is COc1cc(Nc2c(C#N)cnc3cc(OCCCN4CCC(CN5CC6CC(C5)N6c5cc6c(cc5F)C(=O)N(C5CCC(=O)NC5=O)C6=O)CC4)c(OC)cc23)c(Cl)cc1Cl. The van der Waals surface area contributed by atoms with Crippen molar-refractivity contribution in [1.29, 1.82) is 5.26 Å². The number of imide groups is 2. The molecule has 1 aromatic heterocycles. The zero-order valence-electron chi connectivity index (χ0n) is 34.7. The third-order valence-corrected chi connectivity index (χ3v) is 13.5. The highest BCUT2D eigenvalue weighted by Crippen LogP contribution is 2.43. The predicted octanol–water partition coefficient (Wildman–Crippen LogP) is 6.16. The van der Waals surface area contributed by atoms with E-state index in [1.54, 1.807) is 25.3 Å². The molecule has 0 saturated carbocycles. The second kappa shape index (κ2) is 17.4. The highest BCUT2D eigenvalue weighted by Gasteiger charge is 2.49. The van der Waals surface area contributed by atoms with E-state index in [4.69, 9.17) is 37.4 Å². The molecule has 0 aliphatic carbocycles. The van der Waals surface area contributed by atoms with E-state index in [-0.39, 0.29) is 36.1 Å². The number of amides is 4. The molecule has 18 heteroatoms. The molecule has 0 spiro atoms. The predicted molar refractivity (Wildman–Crippen MR) is 233 cm³/mol. The summed E-state index contributed by atoms with van der Waals surface area (Å²) >= 11 is 12.7. The van der Waals surface area contributed by atoms with E-state index in [1.165, 1.54) is 19.4 Å². The number of nitrogens with one attached hydrogen (secondary N) is 2. The Morgan fingerprint density at radius 3 is 2.33 bits per heavy atom. The van der Waals surface area contributed by atoms with Crippen LogP contribution >= 0.6 is 23.2 Å². The molecule has 10 rings (SSSR count). The summed E-state index contributed by atoms with van der Waals surface area (Å²) in [5.74, 6) is -1.02. The molecule has 4 aromatic rings. The molecule has 3 unspecified atom stereocenters. The lowest BCUT2D eigenvalue weighted by molar-refractivity contribution is -0.136. The standard InChI is InChI=1S/C45H45Cl2FN8O7/c1-61-38-18-35(31(46)16-32(38)47)51-42-25(19-49)20-50-34-17-40(39(62-2)15-30(34)42)63-11-3-8-53-9-6-24(7-10-53)21-54-22-26-12-27(23-54)55(26)37-14-29-28(13-33(37)48)44(59)56(45(29)60)36-4-5-41(57)52-43(36)58/h13-18,20,24,26-27,36H,3-12,21-23H2,1-2H3,(H,50,51)(H,52,57,58). The van der Waals surface area contributed by atoms with Crippen LogP contribution in [0.3, 0.4) is 0 Å². The highest BCUT2D eigenvalue weighted by molar-refractivity contribution is 6.37. The number of piperazine rings is 1. The summed E-state index contributed by atoms with van der Waals surface area (Å²) < 4.78 is 33.0. The molecule has 2 bridgehead atoms. The average molecular weight is 900 g/mol. The Morgan fingerprint density at radius 1 is 0.905 bits per heavy atom. The smallest absolute Gasteiger partial charge is 0.262 e. The van der Waals surface area contributed by atoms with Crippen molar-refractivity contribution in [3.8, 4) is 23.3 Å². The highest BCUT2D eigenvalue weighted by atomic mass is 35.5. The van der Waals surface area contributed by atoms with Gasteiger partial charge in [0.15, 0.2) is 11.5 Å². The Balaban J connectivity index is 0.752. The number of pyridine rings is 1. The van der Waals surface area contributed by atoms with Crippen molar-refractivity contribution in [2.45, 2.75) is 56.7 Å². The molecule has 328 valence electrons. The topological polar surface area (TPSA) is 170 Å². The first kappa shape index (κ1) is 42.6. The minimum atomic E-state index is -1.10. The van der Waals surface area contributed by atoms with Gasteiger partial charge in [-0.2, -0.15) is 5.26 Å². The summed E-state index contributed by atoms with van der Waals surface area (Å²) in [4.78, 5) is 63.1. The number of nitriles is 1. The maximum absolute atomic E-state index is 15.6. The van der Waals surface area contributed by atoms with Gasteiger partial charge >= 0.3 is 0 Å².